The minimum Gasteiger partial charge on any atom is -0.469 e. The minimum absolute atomic E-state index is 0.00319. The number of halogens is 3. The number of aromatic amines is 1. The molecule has 6 rings (SSSR count). The van der Waals surface area contributed by atoms with Crippen molar-refractivity contribution < 1.29 is 35.9 Å². The molecule has 1 aliphatic rings. The molecule has 274 valence electrons. The number of aryl methyl sites for hydroxylation is 1. The van der Waals surface area contributed by atoms with E-state index < -0.39 is 43.9 Å². The van der Waals surface area contributed by atoms with Crippen LogP contribution in [-0.4, -0.2) is 47.0 Å². The van der Waals surface area contributed by atoms with E-state index in [-0.39, 0.29) is 51.2 Å². The van der Waals surface area contributed by atoms with Gasteiger partial charge in [-0.3, -0.25) is 4.79 Å². The monoisotopic (exact) mass is 734 g/mol. The summed E-state index contributed by atoms with van der Waals surface area (Å²) in [4.78, 5) is 19.7. The molecule has 0 radical (unpaired) electrons. The predicted octanol–water partition coefficient (Wildman–Crippen LogP) is 8.43. The Labute approximate surface area is 300 Å². The summed E-state index contributed by atoms with van der Waals surface area (Å²) in [5.41, 5.74) is 0.116. The number of H-pyrrole nitrogens is 1. The fraction of sp³-hybridized carbons (Fsp3) is 0.359. The third kappa shape index (κ3) is 7.23. The van der Waals surface area contributed by atoms with Gasteiger partial charge < -0.3 is 14.5 Å². The summed E-state index contributed by atoms with van der Waals surface area (Å²) in [6.45, 7) is 7.52. The molecule has 3 heterocycles. The van der Waals surface area contributed by atoms with Crippen LogP contribution < -0.4 is 4.74 Å². The Kier molecular flexibility index (Phi) is 9.86. The average molecular weight is 735 g/mol. The number of hydrogen-bond donors (Lipinski definition) is 1. The molecule has 0 aliphatic carbocycles. The maximum atomic E-state index is 15.7. The fourth-order valence-corrected chi connectivity index (χ4v) is 8.70. The van der Waals surface area contributed by atoms with Gasteiger partial charge in [-0.2, -0.15) is 9.49 Å². The smallest absolute Gasteiger partial charge is 0.308 e. The molecule has 3 aromatic carbocycles. The third-order valence-electron chi connectivity index (χ3n) is 9.82. The number of ether oxygens (including phenoxy) is 2. The van der Waals surface area contributed by atoms with E-state index >= 15 is 13.2 Å². The molecule has 2 aromatic heterocycles. The topological polar surface area (TPSA) is 116 Å². The standard InChI is InChI=1S/C39H41F3N4O5S/c1-23(36(47)50-6)19-24-9-7-10-25(20-24)39(4)16-8-15-38(2,3)22-52(48,49)18-14-28-27-13-17-43-33(27)31(41)32(42)34(28)51-26-11-12-30(40)29(21-26)35-44-37(39)45-46(35)5/h7,9-14,17-18,20-21,23,43H,8,15-16,19,22H2,1-6H3/b18-14-/t23-,39-/m1/s1. The van der Waals surface area contributed by atoms with E-state index in [1.165, 1.54) is 42.3 Å². The number of esters is 1. The number of methoxy groups -OCH3 is 1. The van der Waals surface area contributed by atoms with Crippen LogP contribution in [0.1, 0.15) is 69.5 Å². The second-order valence-corrected chi connectivity index (χ2v) is 16.4. The molecular weight excluding hydrogens is 694 g/mol. The Morgan fingerprint density at radius 3 is 2.60 bits per heavy atom. The molecular formula is C39H41F3N4O5S. The van der Waals surface area contributed by atoms with Crippen LogP contribution in [0.15, 0.2) is 60.1 Å². The number of rotatable bonds is 4. The molecule has 0 amide bonds. The minimum atomic E-state index is -3.87. The van der Waals surface area contributed by atoms with Gasteiger partial charge in [-0.25, -0.2) is 26.9 Å². The first-order valence-electron chi connectivity index (χ1n) is 17.0. The number of hydrogen-bond acceptors (Lipinski definition) is 7. The van der Waals surface area contributed by atoms with Gasteiger partial charge >= 0.3 is 5.97 Å². The Morgan fingerprint density at radius 1 is 1.08 bits per heavy atom. The molecule has 0 fully saturated rings. The van der Waals surface area contributed by atoms with Crippen LogP contribution in [0.2, 0.25) is 0 Å². The highest BCUT2D eigenvalue weighted by molar-refractivity contribution is 7.94. The van der Waals surface area contributed by atoms with E-state index in [1.54, 1.807) is 14.0 Å². The molecule has 0 saturated heterocycles. The van der Waals surface area contributed by atoms with Crippen molar-refractivity contribution in [2.24, 2.45) is 18.4 Å². The van der Waals surface area contributed by atoms with Gasteiger partial charge in [0.2, 0.25) is 5.82 Å². The SMILES string of the molecule is COC(=O)[C@H](C)Cc1cccc([C@@]2(C)CCCC(C)(C)CS(=O)(=O)/C=C\c3c(c(F)c(F)c4[nH]ccc34)Oc3ccc(F)c(c3)-c3nc2nn3C)c1. The van der Waals surface area contributed by atoms with Gasteiger partial charge in [0.25, 0.3) is 0 Å². The highest BCUT2D eigenvalue weighted by Gasteiger charge is 2.36. The van der Waals surface area contributed by atoms with Crippen LogP contribution in [-0.2, 0) is 38.3 Å². The Hall–Kier alpha value is -4.91. The Bertz CT molecular complexity index is 2310. The van der Waals surface area contributed by atoms with Crippen LogP contribution in [0.25, 0.3) is 28.4 Å². The summed E-state index contributed by atoms with van der Waals surface area (Å²) in [6.07, 6.45) is 4.67. The van der Waals surface area contributed by atoms with Gasteiger partial charge in [0.15, 0.2) is 33.1 Å². The number of aromatic nitrogens is 4. The number of carbonyl (C=O) groups is 1. The maximum Gasteiger partial charge on any atom is 0.308 e. The molecule has 2 atom stereocenters. The van der Waals surface area contributed by atoms with Crippen LogP contribution >= 0.6 is 0 Å². The number of benzene rings is 3. The second kappa shape index (κ2) is 13.9. The van der Waals surface area contributed by atoms with Crippen molar-refractivity contribution >= 4 is 32.8 Å². The van der Waals surface area contributed by atoms with E-state index in [4.69, 9.17) is 19.6 Å². The average Bonchev–Trinajstić information content (AvgIpc) is 3.74. The van der Waals surface area contributed by atoms with Crippen molar-refractivity contribution in [1.82, 2.24) is 19.7 Å². The van der Waals surface area contributed by atoms with Gasteiger partial charge in [-0.15, -0.1) is 0 Å². The number of nitrogens with zero attached hydrogens (tertiary/aromatic N) is 3. The molecule has 1 aliphatic heterocycles. The summed E-state index contributed by atoms with van der Waals surface area (Å²) in [5.74, 6) is -4.12. The molecule has 0 saturated carbocycles. The van der Waals surface area contributed by atoms with Crippen molar-refractivity contribution in [2.45, 2.75) is 58.8 Å². The largest absolute Gasteiger partial charge is 0.469 e. The van der Waals surface area contributed by atoms with Gasteiger partial charge in [-0.1, -0.05) is 51.5 Å². The lowest BCUT2D eigenvalue weighted by Crippen LogP contribution is -2.28. The lowest BCUT2D eigenvalue weighted by Gasteiger charge is -2.30. The molecule has 4 bridgehead atoms. The van der Waals surface area contributed by atoms with Crippen molar-refractivity contribution in [3.63, 3.8) is 0 Å². The molecule has 0 spiro atoms. The molecule has 1 N–H and O–H groups in total. The quantitative estimate of drug-likeness (QED) is 0.184. The first-order chi connectivity index (χ1) is 24.5. The van der Waals surface area contributed by atoms with E-state index in [1.807, 2.05) is 45.0 Å². The van der Waals surface area contributed by atoms with Gasteiger partial charge in [0.1, 0.15) is 11.6 Å². The molecule has 52 heavy (non-hydrogen) atoms. The molecule has 13 heteroatoms. The van der Waals surface area contributed by atoms with Crippen LogP contribution in [0, 0.1) is 28.8 Å². The van der Waals surface area contributed by atoms with Gasteiger partial charge in [-0.05, 0) is 73.1 Å². The van der Waals surface area contributed by atoms with Crippen LogP contribution in [0.5, 0.6) is 11.5 Å². The van der Waals surface area contributed by atoms with E-state index in [0.717, 1.165) is 22.6 Å². The summed E-state index contributed by atoms with van der Waals surface area (Å²) in [7, 11) is -0.875. The van der Waals surface area contributed by atoms with Crippen molar-refractivity contribution in [1.29, 1.82) is 0 Å². The Morgan fingerprint density at radius 2 is 1.85 bits per heavy atom. The number of fused-ring (bicyclic) bond motifs is 8. The summed E-state index contributed by atoms with van der Waals surface area (Å²) in [5, 5.41) is 5.99. The maximum absolute atomic E-state index is 15.7. The predicted molar refractivity (Wildman–Crippen MR) is 193 cm³/mol. The van der Waals surface area contributed by atoms with Crippen molar-refractivity contribution in [3.8, 4) is 22.9 Å². The van der Waals surface area contributed by atoms with Gasteiger partial charge in [0.05, 0.1) is 35.3 Å². The first kappa shape index (κ1) is 36.9. The lowest BCUT2D eigenvalue weighted by molar-refractivity contribution is -0.144. The number of carbonyl (C=O) groups excluding carboxylic acids is 1. The molecule has 5 aromatic rings. The van der Waals surface area contributed by atoms with E-state index in [0.29, 0.717) is 31.5 Å². The highest BCUT2D eigenvalue weighted by Crippen LogP contribution is 2.41. The fourth-order valence-electron chi connectivity index (χ4n) is 7.02. The van der Waals surface area contributed by atoms with Crippen LogP contribution in [0.3, 0.4) is 0 Å². The normalized spacial score (nSPS) is 19.9. The van der Waals surface area contributed by atoms with Crippen LogP contribution in [0.4, 0.5) is 13.2 Å². The zero-order valence-corrected chi connectivity index (χ0v) is 30.7. The molecule has 0 unspecified atom stereocenters. The lowest BCUT2D eigenvalue weighted by atomic mass is 9.75. The number of nitrogens with one attached hydrogen (secondary N) is 1. The Balaban J connectivity index is 1.52. The summed E-state index contributed by atoms with van der Waals surface area (Å²) >= 11 is 0. The van der Waals surface area contributed by atoms with Crippen molar-refractivity contribution in [2.75, 3.05) is 12.9 Å². The first-order valence-corrected chi connectivity index (χ1v) is 18.7. The zero-order chi connectivity index (χ0) is 37.6. The number of sulfone groups is 1. The third-order valence-corrected chi connectivity index (χ3v) is 11.6. The highest BCUT2D eigenvalue weighted by atomic mass is 32.2. The zero-order valence-electron chi connectivity index (χ0n) is 29.9. The summed E-state index contributed by atoms with van der Waals surface area (Å²) < 4.78 is 86.0. The van der Waals surface area contributed by atoms with E-state index in [9.17, 15) is 13.2 Å². The molecule has 9 nitrogen and oxygen atoms in total. The summed E-state index contributed by atoms with van der Waals surface area (Å²) in [6, 6.07) is 13.0. The van der Waals surface area contributed by atoms with Gasteiger partial charge in [0, 0.05) is 29.6 Å². The van der Waals surface area contributed by atoms with Crippen molar-refractivity contribution in [3.05, 3.63) is 100 Å². The second-order valence-electron chi connectivity index (χ2n) is 14.6. The van der Waals surface area contributed by atoms with E-state index in [2.05, 4.69) is 4.98 Å².